The van der Waals surface area contributed by atoms with E-state index in [0.29, 0.717) is 11.4 Å². The number of carboxylic acid groups (broad SMARTS) is 1. The molecule has 6 heteroatoms. The van der Waals surface area contributed by atoms with Crippen molar-refractivity contribution in [2.24, 2.45) is 5.84 Å². The number of hydrogen-bond acceptors (Lipinski definition) is 5. The van der Waals surface area contributed by atoms with E-state index in [1.165, 1.54) is 19.2 Å². The van der Waals surface area contributed by atoms with Crippen molar-refractivity contribution in [2.75, 3.05) is 12.5 Å². The highest BCUT2D eigenvalue weighted by molar-refractivity contribution is 5.77. The minimum atomic E-state index is -1.61. The number of aliphatic hydroxyl groups excluding tert-OH is 1. The van der Waals surface area contributed by atoms with Gasteiger partial charge in [-0.15, -0.1) is 0 Å². The number of benzene rings is 1. The second-order valence-corrected chi connectivity index (χ2v) is 2.84. The Morgan fingerprint density at radius 3 is 2.73 bits per heavy atom. The van der Waals surface area contributed by atoms with Crippen LogP contribution < -0.4 is 16.0 Å². The van der Waals surface area contributed by atoms with Gasteiger partial charge in [0.15, 0.2) is 6.10 Å². The van der Waals surface area contributed by atoms with Crippen LogP contribution in [0.15, 0.2) is 18.2 Å². The number of carbonyl (C=O) groups is 1. The third-order valence-corrected chi connectivity index (χ3v) is 1.94. The first kappa shape index (κ1) is 11.3. The van der Waals surface area contributed by atoms with Gasteiger partial charge in [-0.2, -0.15) is 0 Å². The number of aliphatic carboxylic acids is 1. The van der Waals surface area contributed by atoms with E-state index in [0.717, 1.165) is 0 Å². The Hall–Kier alpha value is -1.79. The van der Waals surface area contributed by atoms with Gasteiger partial charge in [-0.25, -0.2) is 4.79 Å². The Morgan fingerprint density at radius 2 is 2.27 bits per heavy atom. The molecule has 1 rings (SSSR count). The highest BCUT2D eigenvalue weighted by atomic mass is 16.5. The molecule has 1 atom stereocenters. The lowest BCUT2D eigenvalue weighted by atomic mass is 10.1. The van der Waals surface area contributed by atoms with Crippen molar-refractivity contribution in [3.8, 4) is 5.75 Å². The third kappa shape index (κ3) is 2.36. The molecule has 0 saturated heterocycles. The SMILES string of the molecule is COc1ccc(C(O)C(=O)O)c(NN)c1. The van der Waals surface area contributed by atoms with E-state index < -0.39 is 12.1 Å². The number of nitrogens with one attached hydrogen (secondary N) is 1. The van der Waals surface area contributed by atoms with Crippen LogP contribution in [0, 0.1) is 0 Å². The lowest BCUT2D eigenvalue weighted by Crippen LogP contribution is -2.16. The number of nitrogen functional groups attached to an aromatic ring is 1. The van der Waals surface area contributed by atoms with Crippen molar-refractivity contribution >= 4 is 11.7 Å². The number of hydrazine groups is 1. The van der Waals surface area contributed by atoms with E-state index in [-0.39, 0.29) is 5.56 Å². The molecule has 0 spiro atoms. The fraction of sp³-hybridized carbons (Fsp3) is 0.222. The van der Waals surface area contributed by atoms with Crippen LogP contribution in [0.3, 0.4) is 0 Å². The maximum atomic E-state index is 10.6. The van der Waals surface area contributed by atoms with E-state index in [9.17, 15) is 9.90 Å². The number of aliphatic hydroxyl groups is 1. The van der Waals surface area contributed by atoms with Gasteiger partial charge >= 0.3 is 5.97 Å². The van der Waals surface area contributed by atoms with Gasteiger partial charge in [-0.05, 0) is 6.07 Å². The molecule has 0 amide bonds. The van der Waals surface area contributed by atoms with Crippen molar-refractivity contribution in [3.05, 3.63) is 23.8 Å². The minimum Gasteiger partial charge on any atom is -0.497 e. The average molecular weight is 212 g/mol. The number of methoxy groups -OCH3 is 1. The molecule has 0 aliphatic carbocycles. The summed E-state index contributed by atoms with van der Waals surface area (Å²) in [6.07, 6.45) is -1.61. The van der Waals surface area contributed by atoms with Crippen LogP contribution in [-0.4, -0.2) is 23.3 Å². The number of anilines is 1. The fourth-order valence-corrected chi connectivity index (χ4v) is 1.16. The predicted molar refractivity (Wildman–Crippen MR) is 53.4 cm³/mol. The molecule has 82 valence electrons. The first-order chi connectivity index (χ1) is 7.10. The number of carboxylic acids is 1. The Balaban J connectivity index is 3.12. The summed E-state index contributed by atoms with van der Waals surface area (Å²) in [4.78, 5) is 10.6. The quantitative estimate of drug-likeness (QED) is 0.416. The molecule has 1 aromatic carbocycles. The fourth-order valence-electron chi connectivity index (χ4n) is 1.16. The third-order valence-electron chi connectivity index (χ3n) is 1.94. The predicted octanol–water partition coefficient (Wildman–Crippen LogP) is 0.0988. The second kappa shape index (κ2) is 4.63. The van der Waals surface area contributed by atoms with Gasteiger partial charge in [-0.1, -0.05) is 6.07 Å². The van der Waals surface area contributed by atoms with Crippen molar-refractivity contribution in [2.45, 2.75) is 6.10 Å². The zero-order chi connectivity index (χ0) is 11.4. The van der Waals surface area contributed by atoms with E-state index in [1.807, 2.05) is 0 Å². The van der Waals surface area contributed by atoms with Crippen LogP contribution >= 0.6 is 0 Å². The second-order valence-electron chi connectivity index (χ2n) is 2.84. The molecule has 0 bridgehead atoms. The van der Waals surface area contributed by atoms with Gasteiger partial charge in [0.25, 0.3) is 0 Å². The van der Waals surface area contributed by atoms with Crippen LogP contribution in [0.5, 0.6) is 5.75 Å². The molecule has 15 heavy (non-hydrogen) atoms. The Kier molecular flexibility index (Phi) is 3.48. The normalized spacial score (nSPS) is 11.9. The Labute approximate surface area is 86.2 Å². The lowest BCUT2D eigenvalue weighted by Gasteiger charge is -2.12. The Morgan fingerprint density at radius 1 is 1.60 bits per heavy atom. The number of nitrogens with two attached hydrogens (primary N) is 1. The summed E-state index contributed by atoms with van der Waals surface area (Å²) < 4.78 is 4.93. The van der Waals surface area contributed by atoms with Crippen molar-refractivity contribution < 1.29 is 19.7 Å². The minimum absolute atomic E-state index is 0.186. The van der Waals surface area contributed by atoms with Gasteiger partial charge in [0.05, 0.1) is 12.8 Å². The summed E-state index contributed by atoms with van der Waals surface area (Å²) in [6.45, 7) is 0. The van der Waals surface area contributed by atoms with Gasteiger partial charge in [0.2, 0.25) is 0 Å². The summed E-state index contributed by atoms with van der Waals surface area (Å²) in [5.41, 5.74) is 2.80. The smallest absolute Gasteiger partial charge is 0.337 e. The van der Waals surface area contributed by atoms with Crippen LogP contribution in [0.1, 0.15) is 11.7 Å². The zero-order valence-electron chi connectivity index (χ0n) is 8.10. The van der Waals surface area contributed by atoms with Crippen LogP contribution in [0.4, 0.5) is 5.69 Å². The van der Waals surface area contributed by atoms with Crippen molar-refractivity contribution in [1.29, 1.82) is 0 Å². The summed E-state index contributed by atoms with van der Waals surface area (Å²) in [5, 5.41) is 18.0. The first-order valence-electron chi connectivity index (χ1n) is 4.15. The molecule has 0 radical (unpaired) electrons. The Bertz CT molecular complexity index is 367. The van der Waals surface area contributed by atoms with Gasteiger partial charge in [-0.3, -0.25) is 5.84 Å². The molecule has 0 aliphatic heterocycles. The molecule has 0 saturated carbocycles. The number of rotatable bonds is 4. The highest BCUT2D eigenvalue weighted by Crippen LogP contribution is 2.26. The number of hydrogen-bond donors (Lipinski definition) is 4. The molecule has 6 nitrogen and oxygen atoms in total. The summed E-state index contributed by atoms with van der Waals surface area (Å²) >= 11 is 0. The molecule has 0 heterocycles. The highest BCUT2D eigenvalue weighted by Gasteiger charge is 2.19. The summed E-state index contributed by atoms with van der Waals surface area (Å²) in [6, 6.07) is 4.48. The van der Waals surface area contributed by atoms with Crippen LogP contribution in [-0.2, 0) is 4.79 Å². The van der Waals surface area contributed by atoms with E-state index in [4.69, 9.17) is 15.7 Å². The molecule has 1 unspecified atom stereocenters. The largest absolute Gasteiger partial charge is 0.497 e. The van der Waals surface area contributed by atoms with Crippen molar-refractivity contribution in [3.63, 3.8) is 0 Å². The van der Waals surface area contributed by atoms with Crippen LogP contribution in [0.25, 0.3) is 0 Å². The van der Waals surface area contributed by atoms with Gasteiger partial charge < -0.3 is 20.4 Å². The maximum absolute atomic E-state index is 10.6. The zero-order valence-corrected chi connectivity index (χ0v) is 8.10. The lowest BCUT2D eigenvalue weighted by molar-refractivity contribution is -0.146. The topological polar surface area (TPSA) is 105 Å². The van der Waals surface area contributed by atoms with E-state index in [1.54, 1.807) is 6.07 Å². The number of ether oxygens (including phenoxy) is 1. The first-order valence-corrected chi connectivity index (χ1v) is 4.15. The van der Waals surface area contributed by atoms with Crippen LogP contribution in [0.2, 0.25) is 0 Å². The van der Waals surface area contributed by atoms with Gasteiger partial charge in [0, 0.05) is 11.6 Å². The van der Waals surface area contributed by atoms with Crippen molar-refractivity contribution in [1.82, 2.24) is 0 Å². The molecule has 1 aromatic rings. The van der Waals surface area contributed by atoms with E-state index >= 15 is 0 Å². The van der Waals surface area contributed by atoms with E-state index in [2.05, 4.69) is 5.43 Å². The summed E-state index contributed by atoms with van der Waals surface area (Å²) in [5.74, 6) is 4.38. The molecular formula is C9H12N2O4. The molecule has 0 aliphatic rings. The maximum Gasteiger partial charge on any atom is 0.337 e. The molecule has 5 N–H and O–H groups in total. The summed E-state index contributed by atoms with van der Waals surface area (Å²) in [7, 11) is 1.48. The molecule has 0 fully saturated rings. The molecule has 0 aromatic heterocycles. The average Bonchev–Trinajstić information content (AvgIpc) is 2.27. The standard InChI is InChI=1S/C9H12N2O4/c1-15-5-2-3-6(7(4-5)11-10)8(12)9(13)14/h2-4,8,11-12H,10H2,1H3,(H,13,14). The molecular weight excluding hydrogens is 200 g/mol. The van der Waals surface area contributed by atoms with Gasteiger partial charge in [0.1, 0.15) is 5.75 Å². The monoisotopic (exact) mass is 212 g/mol.